The second kappa shape index (κ2) is 4.71. The average Bonchev–Trinajstić information content (AvgIpc) is 3.06. The van der Waals surface area contributed by atoms with Crippen molar-refractivity contribution >= 4 is 38.4 Å². The van der Waals surface area contributed by atoms with Gasteiger partial charge in [-0.3, -0.25) is 10.1 Å². The van der Waals surface area contributed by atoms with E-state index in [1.54, 1.807) is 0 Å². The molecule has 1 amide bonds. The predicted octanol–water partition coefficient (Wildman–Crippen LogP) is 3.58. The van der Waals surface area contributed by atoms with Gasteiger partial charge in [0, 0.05) is 33.2 Å². The number of amides is 1. The van der Waals surface area contributed by atoms with Crippen LogP contribution in [0.4, 0.5) is 5.69 Å². The number of carbonyl (C=O) groups excluding carboxylic acids is 1. The van der Waals surface area contributed by atoms with E-state index in [4.69, 9.17) is 0 Å². The number of hydrogen-bond acceptors (Lipinski definition) is 2. The van der Waals surface area contributed by atoms with Gasteiger partial charge in [0.05, 0.1) is 5.69 Å². The van der Waals surface area contributed by atoms with Gasteiger partial charge in [-0.1, -0.05) is 27.6 Å². The molecule has 0 saturated carbocycles. The molecule has 3 heterocycles. The maximum Gasteiger partial charge on any atom is 0.255 e. The molecule has 5 heteroatoms. The maximum absolute atomic E-state index is 13.0. The van der Waals surface area contributed by atoms with Gasteiger partial charge in [0.1, 0.15) is 0 Å². The monoisotopic (exact) mass is 381 g/mol. The number of halogens is 1. The number of carbonyl (C=O) groups is 1. The van der Waals surface area contributed by atoms with Crippen molar-refractivity contribution < 1.29 is 4.79 Å². The summed E-state index contributed by atoms with van der Waals surface area (Å²) in [5, 5.41) is 7.76. The van der Waals surface area contributed by atoms with Crippen molar-refractivity contribution in [2.75, 3.05) is 11.9 Å². The molecule has 0 saturated heterocycles. The van der Waals surface area contributed by atoms with E-state index in [2.05, 4.69) is 56.7 Å². The van der Waals surface area contributed by atoms with E-state index in [0.29, 0.717) is 0 Å². The number of hydrogen-bond donors (Lipinski definition) is 3. The molecule has 2 aromatic carbocycles. The Balaban J connectivity index is 1.86. The third kappa shape index (κ3) is 1.69. The van der Waals surface area contributed by atoms with E-state index in [1.165, 1.54) is 16.5 Å². The van der Waals surface area contributed by atoms with Crippen molar-refractivity contribution in [2.24, 2.45) is 0 Å². The Morgan fingerprint density at radius 3 is 2.92 bits per heavy atom. The van der Waals surface area contributed by atoms with Crippen molar-refractivity contribution in [1.29, 1.82) is 0 Å². The Morgan fingerprint density at radius 2 is 2.04 bits per heavy atom. The Bertz CT molecular complexity index is 1020. The van der Waals surface area contributed by atoms with Crippen LogP contribution in [-0.4, -0.2) is 17.4 Å². The Hall–Kier alpha value is -2.11. The second-order valence-electron chi connectivity index (χ2n) is 6.60. The van der Waals surface area contributed by atoms with Crippen LogP contribution >= 0.6 is 15.9 Å². The quantitative estimate of drug-likeness (QED) is 0.557. The van der Waals surface area contributed by atoms with Crippen molar-refractivity contribution in [3.8, 4) is 0 Å². The fourth-order valence-electron chi connectivity index (χ4n) is 4.10. The summed E-state index contributed by atoms with van der Waals surface area (Å²) < 4.78 is 0.970. The first-order chi connectivity index (χ1) is 11.6. The van der Waals surface area contributed by atoms with Crippen LogP contribution < -0.4 is 10.6 Å². The lowest BCUT2D eigenvalue weighted by molar-refractivity contribution is -0.120. The average molecular weight is 382 g/mol. The third-order valence-electron chi connectivity index (χ3n) is 5.18. The number of aromatic amines is 1. The topological polar surface area (TPSA) is 56.9 Å². The standard InChI is InChI=1S/C19H16BrN3O/c1-10-2-4-15-13(8-10)12-6-7-21-19(17(12)22-15)14-9-11(20)3-5-16(14)23-18(19)24/h2-5,8-9,21-22H,6-7H2,1H3,(H,23,24)/t19-/m1/s1. The lowest BCUT2D eigenvalue weighted by Crippen LogP contribution is -2.53. The van der Waals surface area contributed by atoms with Gasteiger partial charge in [-0.15, -0.1) is 0 Å². The van der Waals surface area contributed by atoms with E-state index in [0.717, 1.165) is 39.9 Å². The minimum atomic E-state index is -0.834. The molecule has 0 bridgehead atoms. The van der Waals surface area contributed by atoms with Gasteiger partial charge < -0.3 is 10.3 Å². The number of fused-ring (bicyclic) bond motifs is 6. The molecule has 3 N–H and O–H groups in total. The van der Waals surface area contributed by atoms with Crippen LogP contribution in [0.1, 0.15) is 22.4 Å². The van der Waals surface area contributed by atoms with Crippen LogP contribution in [0.3, 0.4) is 0 Å². The summed E-state index contributed by atoms with van der Waals surface area (Å²) in [7, 11) is 0. The molecule has 0 fully saturated rings. The number of anilines is 1. The van der Waals surface area contributed by atoms with Crippen LogP contribution in [0.5, 0.6) is 0 Å². The molecule has 2 aliphatic rings. The molecule has 1 aromatic heterocycles. The highest BCUT2D eigenvalue weighted by Crippen LogP contribution is 2.46. The van der Waals surface area contributed by atoms with Crippen molar-refractivity contribution in [3.05, 3.63) is 63.3 Å². The van der Waals surface area contributed by atoms with E-state index in [-0.39, 0.29) is 5.91 Å². The minimum absolute atomic E-state index is 0.0140. The second-order valence-corrected chi connectivity index (χ2v) is 7.51. The van der Waals surface area contributed by atoms with Gasteiger partial charge in [-0.25, -0.2) is 0 Å². The van der Waals surface area contributed by atoms with Crippen LogP contribution in [0.15, 0.2) is 40.9 Å². The fraction of sp³-hybridized carbons (Fsp3) is 0.211. The first-order valence-corrected chi connectivity index (χ1v) is 8.87. The van der Waals surface area contributed by atoms with Gasteiger partial charge in [-0.05, 0) is 49.2 Å². The number of benzene rings is 2. The molecule has 2 aliphatic heterocycles. The first kappa shape index (κ1) is 14.3. The summed E-state index contributed by atoms with van der Waals surface area (Å²) >= 11 is 3.54. The first-order valence-electron chi connectivity index (χ1n) is 8.08. The Morgan fingerprint density at radius 1 is 1.17 bits per heavy atom. The normalized spacial score (nSPS) is 21.8. The zero-order valence-electron chi connectivity index (χ0n) is 13.2. The summed E-state index contributed by atoms with van der Waals surface area (Å²) in [6, 6.07) is 12.4. The molecular formula is C19H16BrN3O. The van der Waals surface area contributed by atoms with Crippen molar-refractivity contribution in [1.82, 2.24) is 10.3 Å². The smallest absolute Gasteiger partial charge is 0.255 e. The molecule has 3 aromatic rings. The van der Waals surface area contributed by atoms with E-state index in [9.17, 15) is 4.79 Å². The summed E-state index contributed by atoms with van der Waals surface area (Å²) in [5.74, 6) is -0.0140. The zero-order valence-corrected chi connectivity index (χ0v) is 14.8. The number of aromatic nitrogens is 1. The molecular weight excluding hydrogens is 366 g/mol. The number of H-pyrrole nitrogens is 1. The molecule has 5 rings (SSSR count). The summed E-state index contributed by atoms with van der Waals surface area (Å²) in [5.41, 5.74) is 5.56. The van der Waals surface area contributed by atoms with Gasteiger partial charge in [-0.2, -0.15) is 0 Å². The number of nitrogens with one attached hydrogen (secondary N) is 3. The van der Waals surface area contributed by atoms with Crippen LogP contribution in [-0.2, 0) is 16.8 Å². The van der Waals surface area contributed by atoms with Crippen LogP contribution in [0, 0.1) is 6.92 Å². The van der Waals surface area contributed by atoms with Gasteiger partial charge in [0.2, 0.25) is 0 Å². The van der Waals surface area contributed by atoms with Gasteiger partial charge in [0.15, 0.2) is 5.54 Å². The minimum Gasteiger partial charge on any atom is -0.356 e. The molecule has 120 valence electrons. The number of aryl methyl sites for hydroxylation is 1. The third-order valence-corrected chi connectivity index (χ3v) is 5.67. The summed E-state index contributed by atoms with van der Waals surface area (Å²) in [4.78, 5) is 16.5. The Kier molecular flexibility index (Phi) is 2.80. The van der Waals surface area contributed by atoms with Crippen LogP contribution in [0.25, 0.3) is 10.9 Å². The van der Waals surface area contributed by atoms with E-state index >= 15 is 0 Å². The molecule has 1 atom stereocenters. The molecule has 24 heavy (non-hydrogen) atoms. The zero-order chi connectivity index (χ0) is 16.5. The fourth-order valence-corrected chi connectivity index (χ4v) is 4.46. The van der Waals surface area contributed by atoms with Crippen molar-refractivity contribution in [3.63, 3.8) is 0 Å². The predicted molar refractivity (Wildman–Crippen MR) is 98.3 cm³/mol. The molecule has 1 spiro atoms. The summed E-state index contributed by atoms with van der Waals surface area (Å²) in [6.45, 7) is 2.87. The van der Waals surface area contributed by atoms with E-state index in [1.807, 2.05) is 18.2 Å². The molecule has 0 unspecified atom stereocenters. The lowest BCUT2D eigenvalue weighted by Gasteiger charge is -2.33. The van der Waals surface area contributed by atoms with Crippen LogP contribution in [0.2, 0.25) is 0 Å². The highest BCUT2D eigenvalue weighted by atomic mass is 79.9. The van der Waals surface area contributed by atoms with Crippen molar-refractivity contribution in [2.45, 2.75) is 18.9 Å². The molecule has 4 nitrogen and oxygen atoms in total. The molecule has 0 aliphatic carbocycles. The summed E-state index contributed by atoms with van der Waals surface area (Å²) in [6.07, 6.45) is 0.914. The Labute approximate surface area is 147 Å². The van der Waals surface area contributed by atoms with Gasteiger partial charge in [0.25, 0.3) is 5.91 Å². The molecule has 0 radical (unpaired) electrons. The largest absolute Gasteiger partial charge is 0.356 e. The maximum atomic E-state index is 13.0. The van der Waals surface area contributed by atoms with E-state index < -0.39 is 5.54 Å². The SMILES string of the molecule is Cc1ccc2[nH]c3c(c2c1)CCN[C@@]31C(=O)Nc2ccc(Br)cc21. The van der Waals surface area contributed by atoms with Gasteiger partial charge >= 0.3 is 0 Å². The highest BCUT2D eigenvalue weighted by Gasteiger charge is 2.52. The highest BCUT2D eigenvalue weighted by molar-refractivity contribution is 9.10. The number of rotatable bonds is 0. The lowest BCUT2D eigenvalue weighted by atomic mass is 9.82.